The lowest BCUT2D eigenvalue weighted by Crippen LogP contribution is -2.39. The van der Waals surface area contributed by atoms with Crippen molar-refractivity contribution in [1.29, 1.82) is 0 Å². The van der Waals surface area contributed by atoms with Gasteiger partial charge in [-0.2, -0.15) is 0 Å². The quantitative estimate of drug-likeness (QED) is 0.871. The Labute approximate surface area is 121 Å². The molecule has 112 valence electrons. The van der Waals surface area contributed by atoms with Crippen molar-refractivity contribution in [2.75, 3.05) is 13.4 Å². The summed E-state index contributed by atoms with van der Waals surface area (Å²) < 4.78 is 28.6. The highest BCUT2D eigenvalue weighted by Gasteiger charge is 2.34. The number of sulfone groups is 1. The van der Waals surface area contributed by atoms with E-state index in [1.54, 1.807) is 7.11 Å². The molecule has 1 aromatic carbocycles. The number of hydrogen-bond donors (Lipinski definition) is 1. The molecule has 0 spiro atoms. The molecule has 1 aliphatic rings. The maximum Gasteiger partial charge on any atom is 0.151 e. The van der Waals surface area contributed by atoms with E-state index in [1.807, 2.05) is 12.1 Å². The van der Waals surface area contributed by atoms with Crippen molar-refractivity contribution in [2.24, 2.45) is 0 Å². The second-order valence-corrected chi connectivity index (χ2v) is 7.80. The predicted octanol–water partition coefficient (Wildman–Crippen LogP) is 1.89. The van der Waals surface area contributed by atoms with E-state index in [0.29, 0.717) is 13.2 Å². The van der Waals surface area contributed by atoms with Gasteiger partial charge >= 0.3 is 0 Å². The molecular weight excluding hydrogens is 274 g/mol. The smallest absolute Gasteiger partial charge is 0.151 e. The average molecular weight is 297 g/mol. The van der Waals surface area contributed by atoms with Gasteiger partial charge < -0.3 is 10.1 Å². The summed E-state index contributed by atoms with van der Waals surface area (Å²) in [4.78, 5) is 0. The van der Waals surface area contributed by atoms with E-state index in [9.17, 15) is 8.42 Å². The lowest BCUT2D eigenvalue weighted by atomic mass is 10.1. The first-order valence-electron chi connectivity index (χ1n) is 6.99. The molecule has 0 radical (unpaired) electrons. The van der Waals surface area contributed by atoms with Crippen LogP contribution in [0.25, 0.3) is 0 Å². The average Bonchev–Trinajstić information content (AvgIpc) is 2.85. The van der Waals surface area contributed by atoms with Crippen molar-refractivity contribution in [3.05, 3.63) is 35.4 Å². The summed E-state index contributed by atoms with van der Waals surface area (Å²) in [6.07, 6.45) is 4.05. The topological polar surface area (TPSA) is 55.4 Å². The first-order valence-corrected chi connectivity index (χ1v) is 8.95. The van der Waals surface area contributed by atoms with Crippen LogP contribution >= 0.6 is 0 Å². The highest BCUT2D eigenvalue weighted by molar-refractivity contribution is 7.91. The fourth-order valence-corrected chi connectivity index (χ4v) is 4.34. The summed E-state index contributed by atoms with van der Waals surface area (Å²) in [7, 11) is -1.27. The molecule has 0 amide bonds. The number of methoxy groups -OCH3 is 1. The maximum absolute atomic E-state index is 11.7. The van der Waals surface area contributed by atoms with E-state index in [1.165, 1.54) is 11.8 Å². The standard InChI is InChI=1S/C15H23NO3S/c1-19-11-13-6-3-5-12(9-13)10-16-14-7-4-8-15(14)20(2,17)18/h3,5-6,9,14-16H,4,7-8,10-11H2,1-2H3. The molecular formula is C15H23NO3S. The van der Waals surface area contributed by atoms with Crippen LogP contribution in [0.15, 0.2) is 24.3 Å². The SMILES string of the molecule is COCc1cccc(CNC2CCCC2S(C)(=O)=O)c1. The third-order valence-electron chi connectivity index (χ3n) is 3.87. The van der Waals surface area contributed by atoms with Gasteiger partial charge in [-0.05, 0) is 24.0 Å². The molecule has 0 aliphatic heterocycles. The Kier molecular flexibility index (Phi) is 5.18. The molecule has 2 rings (SSSR count). The summed E-state index contributed by atoms with van der Waals surface area (Å²) in [6, 6.07) is 8.27. The van der Waals surface area contributed by atoms with Gasteiger partial charge in [0.05, 0.1) is 11.9 Å². The summed E-state index contributed by atoms with van der Waals surface area (Å²) in [5.74, 6) is 0. The van der Waals surface area contributed by atoms with E-state index in [4.69, 9.17) is 4.74 Å². The lowest BCUT2D eigenvalue weighted by molar-refractivity contribution is 0.185. The lowest BCUT2D eigenvalue weighted by Gasteiger charge is -2.19. The highest BCUT2D eigenvalue weighted by atomic mass is 32.2. The van der Waals surface area contributed by atoms with Crippen molar-refractivity contribution < 1.29 is 13.2 Å². The normalized spacial score (nSPS) is 23.1. The van der Waals surface area contributed by atoms with Crippen molar-refractivity contribution in [1.82, 2.24) is 5.32 Å². The van der Waals surface area contributed by atoms with Gasteiger partial charge in [0, 0.05) is 26.0 Å². The number of nitrogens with one attached hydrogen (secondary N) is 1. The molecule has 20 heavy (non-hydrogen) atoms. The van der Waals surface area contributed by atoms with Crippen LogP contribution < -0.4 is 5.32 Å². The van der Waals surface area contributed by atoms with E-state index in [2.05, 4.69) is 17.4 Å². The highest BCUT2D eigenvalue weighted by Crippen LogP contribution is 2.25. The van der Waals surface area contributed by atoms with Crippen molar-refractivity contribution >= 4 is 9.84 Å². The van der Waals surface area contributed by atoms with Gasteiger partial charge in [0.1, 0.15) is 0 Å². The summed E-state index contributed by atoms with van der Waals surface area (Å²) in [5.41, 5.74) is 2.30. The van der Waals surface area contributed by atoms with Crippen LogP contribution in [0.5, 0.6) is 0 Å². The van der Waals surface area contributed by atoms with Gasteiger partial charge in [-0.25, -0.2) is 8.42 Å². The molecule has 0 saturated heterocycles. The van der Waals surface area contributed by atoms with Gasteiger partial charge in [0.15, 0.2) is 9.84 Å². The van der Waals surface area contributed by atoms with E-state index in [-0.39, 0.29) is 11.3 Å². The number of hydrogen-bond acceptors (Lipinski definition) is 4. The Morgan fingerprint density at radius 1 is 1.30 bits per heavy atom. The zero-order chi connectivity index (χ0) is 14.6. The van der Waals surface area contributed by atoms with Gasteiger partial charge in [-0.3, -0.25) is 0 Å². The Morgan fingerprint density at radius 3 is 2.75 bits per heavy atom. The Morgan fingerprint density at radius 2 is 2.05 bits per heavy atom. The first kappa shape index (κ1) is 15.5. The second kappa shape index (κ2) is 6.70. The van der Waals surface area contributed by atoms with Gasteiger partial charge in [-0.15, -0.1) is 0 Å². The van der Waals surface area contributed by atoms with Gasteiger partial charge in [0.2, 0.25) is 0 Å². The molecule has 0 aromatic heterocycles. The molecule has 4 nitrogen and oxygen atoms in total. The molecule has 1 aliphatic carbocycles. The van der Waals surface area contributed by atoms with Crippen LogP contribution in [-0.2, 0) is 27.7 Å². The Balaban J connectivity index is 1.96. The van der Waals surface area contributed by atoms with Crippen LogP contribution in [-0.4, -0.2) is 33.1 Å². The van der Waals surface area contributed by atoms with E-state index < -0.39 is 9.84 Å². The molecule has 0 bridgehead atoms. The summed E-state index contributed by atoms with van der Waals surface area (Å²) in [6.45, 7) is 1.30. The number of rotatable bonds is 6. The first-order chi connectivity index (χ1) is 9.50. The van der Waals surface area contributed by atoms with Crippen LogP contribution in [0.4, 0.5) is 0 Å². The molecule has 2 atom stereocenters. The Hall–Kier alpha value is -0.910. The van der Waals surface area contributed by atoms with Crippen LogP contribution in [0, 0.1) is 0 Å². The third-order valence-corrected chi connectivity index (χ3v) is 5.54. The largest absolute Gasteiger partial charge is 0.380 e. The molecule has 1 N–H and O–H groups in total. The molecule has 1 saturated carbocycles. The zero-order valence-corrected chi connectivity index (χ0v) is 12.9. The van der Waals surface area contributed by atoms with Crippen LogP contribution in [0.3, 0.4) is 0 Å². The summed E-state index contributed by atoms with van der Waals surface area (Å²) in [5, 5.41) is 3.17. The molecule has 0 heterocycles. The van der Waals surface area contributed by atoms with Crippen molar-refractivity contribution in [3.8, 4) is 0 Å². The van der Waals surface area contributed by atoms with Crippen LogP contribution in [0.2, 0.25) is 0 Å². The number of ether oxygens (including phenoxy) is 1. The second-order valence-electron chi connectivity index (χ2n) is 5.54. The van der Waals surface area contributed by atoms with Crippen molar-refractivity contribution in [3.63, 3.8) is 0 Å². The third kappa shape index (κ3) is 4.04. The molecule has 2 unspecified atom stereocenters. The predicted molar refractivity (Wildman–Crippen MR) is 80.3 cm³/mol. The zero-order valence-electron chi connectivity index (χ0n) is 12.1. The monoisotopic (exact) mass is 297 g/mol. The molecule has 1 aromatic rings. The van der Waals surface area contributed by atoms with Crippen LogP contribution in [0.1, 0.15) is 30.4 Å². The number of benzene rings is 1. The maximum atomic E-state index is 11.7. The Bertz CT molecular complexity index is 542. The molecule has 5 heteroatoms. The minimum Gasteiger partial charge on any atom is -0.380 e. The minimum absolute atomic E-state index is 0.0797. The van der Waals surface area contributed by atoms with Gasteiger partial charge in [-0.1, -0.05) is 30.7 Å². The fraction of sp³-hybridized carbons (Fsp3) is 0.600. The summed E-state index contributed by atoms with van der Waals surface area (Å²) >= 11 is 0. The molecule has 1 fully saturated rings. The minimum atomic E-state index is -2.96. The van der Waals surface area contributed by atoms with Gasteiger partial charge in [0.25, 0.3) is 0 Å². The van der Waals surface area contributed by atoms with E-state index in [0.717, 1.165) is 24.8 Å². The fourth-order valence-electron chi connectivity index (χ4n) is 2.92. The van der Waals surface area contributed by atoms with Crippen molar-refractivity contribution in [2.45, 2.75) is 43.7 Å². The van der Waals surface area contributed by atoms with E-state index >= 15 is 0 Å².